The van der Waals surface area contributed by atoms with E-state index in [1.165, 1.54) is 14.2 Å². The van der Waals surface area contributed by atoms with Crippen molar-refractivity contribution in [2.75, 3.05) is 34.5 Å². The summed E-state index contributed by atoms with van der Waals surface area (Å²) < 4.78 is 21.8. The Bertz CT molecular complexity index is 860. The SMILES string of the molecule is CCCNCc1[nH]c(C(=O)OCC)c(C(C)O)c1-c1ccc(OC)c(OC)c1OC. The second kappa shape index (κ2) is 10.9. The number of carbonyl (C=O) groups excluding carboxylic acids is 1. The van der Waals surface area contributed by atoms with Gasteiger partial charge in [-0.05, 0) is 38.9 Å². The Labute approximate surface area is 177 Å². The van der Waals surface area contributed by atoms with E-state index in [4.69, 9.17) is 18.9 Å². The van der Waals surface area contributed by atoms with E-state index in [1.54, 1.807) is 27.0 Å². The van der Waals surface area contributed by atoms with Crippen LogP contribution in [0.25, 0.3) is 11.1 Å². The summed E-state index contributed by atoms with van der Waals surface area (Å²) in [5, 5.41) is 13.9. The molecule has 1 heterocycles. The zero-order valence-corrected chi connectivity index (χ0v) is 18.5. The van der Waals surface area contributed by atoms with Crippen LogP contribution >= 0.6 is 0 Å². The number of aliphatic hydroxyl groups is 1. The standard InChI is InChI=1S/C22H32N2O6/c1-7-11-23-12-15-18(17(13(3)25)19(24-15)22(26)30-8-2)14-9-10-16(27-4)21(29-6)20(14)28-5/h9-10,13,23-25H,7-8,11-12H2,1-6H3. The molecule has 0 spiro atoms. The highest BCUT2D eigenvalue weighted by atomic mass is 16.5. The summed E-state index contributed by atoms with van der Waals surface area (Å²) in [5.41, 5.74) is 2.77. The van der Waals surface area contributed by atoms with E-state index < -0.39 is 12.1 Å². The number of benzene rings is 1. The monoisotopic (exact) mass is 420 g/mol. The van der Waals surface area contributed by atoms with Crippen molar-refractivity contribution in [2.24, 2.45) is 0 Å². The Morgan fingerprint density at radius 2 is 1.83 bits per heavy atom. The van der Waals surface area contributed by atoms with E-state index >= 15 is 0 Å². The number of aliphatic hydroxyl groups excluding tert-OH is 1. The number of aromatic nitrogens is 1. The van der Waals surface area contributed by atoms with Crippen LogP contribution in [0.15, 0.2) is 12.1 Å². The highest BCUT2D eigenvalue weighted by molar-refractivity contribution is 5.94. The number of hydrogen-bond donors (Lipinski definition) is 3. The van der Waals surface area contributed by atoms with Gasteiger partial charge >= 0.3 is 5.97 Å². The predicted molar refractivity (Wildman–Crippen MR) is 114 cm³/mol. The number of rotatable bonds is 11. The van der Waals surface area contributed by atoms with Crippen molar-refractivity contribution >= 4 is 5.97 Å². The van der Waals surface area contributed by atoms with Crippen molar-refractivity contribution in [1.82, 2.24) is 10.3 Å². The Balaban J connectivity index is 2.80. The fourth-order valence-electron chi connectivity index (χ4n) is 3.48. The maximum Gasteiger partial charge on any atom is 0.355 e. The van der Waals surface area contributed by atoms with Crippen LogP contribution in [0.5, 0.6) is 17.2 Å². The van der Waals surface area contributed by atoms with Crippen molar-refractivity contribution in [3.8, 4) is 28.4 Å². The third-order valence-corrected chi connectivity index (χ3v) is 4.72. The van der Waals surface area contributed by atoms with Gasteiger partial charge in [0.25, 0.3) is 0 Å². The maximum absolute atomic E-state index is 12.6. The lowest BCUT2D eigenvalue weighted by atomic mass is 9.95. The Morgan fingerprint density at radius 1 is 1.13 bits per heavy atom. The normalized spacial score (nSPS) is 11.8. The summed E-state index contributed by atoms with van der Waals surface area (Å²) >= 11 is 0. The first kappa shape index (κ1) is 23.6. The van der Waals surface area contributed by atoms with E-state index in [1.807, 2.05) is 6.07 Å². The van der Waals surface area contributed by atoms with E-state index in [-0.39, 0.29) is 12.3 Å². The molecule has 0 bridgehead atoms. The van der Waals surface area contributed by atoms with Crippen LogP contribution in [0.2, 0.25) is 0 Å². The quantitative estimate of drug-likeness (QED) is 0.378. The number of hydrogen-bond acceptors (Lipinski definition) is 7. The third-order valence-electron chi connectivity index (χ3n) is 4.72. The van der Waals surface area contributed by atoms with Gasteiger partial charge in [-0.15, -0.1) is 0 Å². The first-order chi connectivity index (χ1) is 14.4. The molecule has 2 rings (SSSR count). The molecule has 2 aromatic rings. The second-order valence-corrected chi connectivity index (χ2v) is 6.72. The molecule has 3 N–H and O–H groups in total. The molecule has 1 atom stereocenters. The summed E-state index contributed by atoms with van der Waals surface area (Å²) in [7, 11) is 4.62. The predicted octanol–water partition coefficient (Wildman–Crippen LogP) is 3.44. The molecule has 166 valence electrons. The Morgan fingerprint density at radius 3 is 2.37 bits per heavy atom. The summed E-state index contributed by atoms with van der Waals surface area (Å²) in [6.07, 6.45) is 0.0392. The van der Waals surface area contributed by atoms with E-state index in [9.17, 15) is 9.90 Å². The number of nitrogens with one attached hydrogen (secondary N) is 2. The summed E-state index contributed by atoms with van der Waals surface area (Å²) in [5.74, 6) is 0.879. The number of ether oxygens (including phenoxy) is 4. The minimum Gasteiger partial charge on any atom is -0.493 e. The van der Waals surface area contributed by atoms with Crippen molar-refractivity contribution in [2.45, 2.75) is 39.8 Å². The summed E-state index contributed by atoms with van der Waals surface area (Å²) in [6, 6.07) is 3.59. The zero-order valence-electron chi connectivity index (χ0n) is 18.5. The van der Waals surface area contributed by atoms with Gasteiger partial charge < -0.3 is 34.4 Å². The highest BCUT2D eigenvalue weighted by Crippen LogP contribution is 2.47. The van der Waals surface area contributed by atoms with Crippen molar-refractivity contribution in [3.63, 3.8) is 0 Å². The van der Waals surface area contributed by atoms with Crippen LogP contribution in [0.4, 0.5) is 0 Å². The second-order valence-electron chi connectivity index (χ2n) is 6.72. The molecule has 0 aliphatic carbocycles. The highest BCUT2D eigenvalue weighted by Gasteiger charge is 2.29. The van der Waals surface area contributed by atoms with E-state index in [0.717, 1.165) is 18.7 Å². The average Bonchev–Trinajstić information content (AvgIpc) is 3.12. The fourth-order valence-corrected chi connectivity index (χ4v) is 3.48. The number of methoxy groups -OCH3 is 3. The van der Waals surface area contributed by atoms with Gasteiger partial charge in [-0.25, -0.2) is 4.79 Å². The number of carbonyl (C=O) groups is 1. The molecule has 1 unspecified atom stereocenters. The molecule has 0 radical (unpaired) electrons. The lowest BCUT2D eigenvalue weighted by Crippen LogP contribution is -2.15. The lowest BCUT2D eigenvalue weighted by Gasteiger charge is -2.18. The topological polar surface area (TPSA) is 102 Å². The van der Waals surface area contributed by atoms with Crippen molar-refractivity contribution < 1.29 is 28.8 Å². The van der Waals surface area contributed by atoms with Crippen LogP contribution in [-0.4, -0.2) is 50.5 Å². The molecule has 0 aliphatic heterocycles. The first-order valence-electron chi connectivity index (χ1n) is 10.0. The van der Waals surface area contributed by atoms with Crippen LogP contribution < -0.4 is 19.5 Å². The van der Waals surface area contributed by atoms with E-state index in [2.05, 4.69) is 17.2 Å². The van der Waals surface area contributed by atoms with Gasteiger partial charge in [0.15, 0.2) is 11.5 Å². The molecular weight excluding hydrogens is 388 g/mol. The van der Waals surface area contributed by atoms with Crippen molar-refractivity contribution in [1.29, 1.82) is 0 Å². The molecule has 0 fully saturated rings. The van der Waals surface area contributed by atoms with Gasteiger partial charge in [-0.2, -0.15) is 0 Å². The van der Waals surface area contributed by atoms with Crippen LogP contribution in [0.3, 0.4) is 0 Å². The number of aromatic amines is 1. The largest absolute Gasteiger partial charge is 0.493 e. The number of esters is 1. The zero-order chi connectivity index (χ0) is 22.3. The number of H-pyrrole nitrogens is 1. The maximum atomic E-state index is 12.6. The lowest BCUT2D eigenvalue weighted by molar-refractivity contribution is 0.0513. The fraction of sp³-hybridized carbons (Fsp3) is 0.500. The molecule has 30 heavy (non-hydrogen) atoms. The molecule has 0 aliphatic rings. The van der Waals surface area contributed by atoms with Crippen LogP contribution in [0, 0.1) is 0 Å². The smallest absolute Gasteiger partial charge is 0.355 e. The van der Waals surface area contributed by atoms with Crippen LogP contribution in [0.1, 0.15) is 55.0 Å². The molecule has 8 nitrogen and oxygen atoms in total. The minimum atomic E-state index is -0.923. The Kier molecular flexibility index (Phi) is 8.56. The molecule has 0 saturated heterocycles. The van der Waals surface area contributed by atoms with Gasteiger partial charge in [0, 0.05) is 28.9 Å². The van der Waals surface area contributed by atoms with Gasteiger partial charge in [-0.1, -0.05) is 6.92 Å². The van der Waals surface area contributed by atoms with Gasteiger partial charge in [0.1, 0.15) is 5.69 Å². The van der Waals surface area contributed by atoms with Gasteiger partial charge in [0.05, 0.1) is 34.0 Å². The molecular formula is C22H32N2O6. The molecule has 0 amide bonds. The first-order valence-corrected chi connectivity index (χ1v) is 10.0. The molecule has 0 saturated carbocycles. The third kappa shape index (κ3) is 4.71. The average molecular weight is 421 g/mol. The summed E-state index contributed by atoms with van der Waals surface area (Å²) in [6.45, 7) is 6.94. The minimum absolute atomic E-state index is 0.229. The summed E-state index contributed by atoms with van der Waals surface area (Å²) in [4.78, 5) is 15.8. The van der Waals surface area contributed by atoms with Gasteiger partial charge in [-0.3, -0.25) is 0 Å². The van der Waals surface area contributed by atoms with Crippen molar-refractivity contribution in [3.05, 3.63) is 29.1 Å². The molecule has 8 heteroatoms. The van der Waals surface area contributed by atoms with Crippen LogP contribution in [-0.2, 0) is 11.3 Å². The Hall–Kier alpha value is -2.71. The molecule has 1 aromatic carbocycles. The van der Waals surface area contributed by atoms with E-state index in [0.29, 0.717) is 40.5 Å². The molecule has 1 aromatic heterocycles. The van der Waals surface area contributed by atoms with Gasteiger partial charge in [0.2, 0.25) is 5.75 Å².